The number of imide groups is 1. The maximum absolute atomic E-state index is 12.5. The number of thioether (sulfide) groups is 1. The van der Waals surface area contributed by atoms with Crippen LogP contribution in [0.25, 0.3) is 0 Å². The van der Waals surface area contributed by atoms with E-state index in [-0.39, 0.29) is 42.2 Å². The zero-order valence-corrected chi connectivity index (χ0v) is 16.9. The van der Waals surface area contributed by atoms with Crippen LogP contribution in [-0.2, 0) is 22.5 Å². The van der Waals surface area contributed by atoms with Crippen molar-refractivity contribution in [1.82, 2.24) is 25.3 Å². The lowest BCUT2D eigenvalue weighted by Crippen LogP contribution is -2.41. The molecule has 1 aromatic rings. The number of nitrogens with one attached hydrogen (secondary N) is 2. The van der Waals surface area contributed by atoms with Crippen molar-refractivity contribution in [3.8, 4) is 0 Å². The van der Waals surface area contributed by atoms with Gasteiger partial charge in [-0.3, -0.25) is 24.4 Å². The van der Waals surface area contributed by atoms with Crippen LogP contribution >= 0.6 is 11.8 Å². The number of carbonyl (C=O) groups is 4. The molecular weight excluding hydrogens is 386 g/mol. The molecule has 28 heavy (non-hydrogen) atoms. The van der Waals surface area contributed by atoms with Gasteiger partial charge in [0.25, 0.3) is 11.1 Å². The molecule has 4 amide bonds. The molecule has 2 aliphatic rings. The van der Waals surface area contributed by atoms with Gasteiger partial charge in [-0.1, -0.05) is 11.8 Å². The molecule has 11 heteroatoms. The highest BCUT2D eigenvalue weighted by atomic mass is 32.2. The molecule has 0 aromatic carbocycles. The highest BCUT2D eigenvalue weighted by Crippen LogP contribution is 2.22. The lowest BCUT2D eigenvalue weighted by molar-refractivity contribution is -0.124. The number of nitrogens with zero attached hydrogens (tertiary/aromatic N) is 3. The summed E-state index contributed by atoms with van der Waals surface area (Å²) in [5.74, 6) is -0.537. The Morgan fingerprint density at radius 2 is 2.07 bits per heavy atom. The predicted octanol–water partition coefficient (Wildman–Crippen LogP) is 1.13. The van der Waals surface area contributed by atoms with Gasteiger partial charge in [-0.25, -0.2) is 4.79 Å². The number of fused-ring (bicyclic) bond motifs is 1. The van der Waals surface area contributed by atoms with Crippen molar-refractivity contribution in [1.29, 1.82) is 0 Å². The number of aromatic amines is 1. The summed E-state index contributed by atoms with van der Waals surface area (Å²) in [6.45, 7) is 6.34. The summed E-state index contributed by atoms with van der Waals surface area (Å²) in [6, 6.07) is 0. The molecule has 0 unspecified atom stereocenters. The van der Waals surface area contributed by atoms with E-state index in [2.05, 4.69) is 15.5 Å². The maximum Gasteiger partial charge on any atom is 0.410 e. The summed E-state index contributed by atoms with van der Waals surface area (Å²) in [5, 5.41) is 9.30. The standard InChI is InChI=1S/C17H23N5O5S/c1-17(2,3)27-15(25)21-6-4-11-10(8-21)13(20-19-11)14(24)18-5-7-22-12(23)9-28-16(22)26/h4-9H2,1-3H3,(H,18,24)(H,19,20). The molecule has 152 valence electrons. The molecule has 10 nitrogen and oxygen atoms in total. The Balaban J connectivity index is 1.60. The van der Waals surface area contributed by atoms with Crippen LogP contribution < -0.4 is 5.32 Å². The predicted molar refractivity (Wildman–Crippen MR) is 101 cm³/mol. The third kappa shape index (κ3) is 4.46. The van der Waals surface area contributed by atoms with E-state index in [0.29, 0.717) is 18.5 Å². The van der Waals surface area contributed by atoms with Gasteiger partial charge in [0.1, 0.15) is 5.60 Å². The van der Waals surface area contributed by atoms with Crippen LogP contribution in [0.1, 0.15) is 42.5 Å². The average Bonchev–Trinajstić information content (AvgIpc) is 3.17. The number of hydrogen-bond acceptors (Lipinski definition) is 7. The Bertz CT molecular complexity index is 799. The minimum absolute atomic E-state index is 0.118. The lowest BCUT2D eigenvalue weighted by Gasteiger charge is -2.30. The van der Waals surface area contributed by atoms with Gasteiger partial charge in [-0.15, -0.1) is 0 Å². The fourth-order valence-electron chi connectivity index (χ4n) is 2.93. The van der Waals surface area contributed by atoms with E-state index in [1.807, 2.05) is 0 Å². The van der Waals surface area contributed by atoms with Crippen LogP contribution in [0.15, 0.2) is 0 Å². The van der Waals surface area contributed by atoms with E-state index in [1.54, 1.807) is 25.7 Å². The Morgan fingerprint density at radius 1 is 1.32 bits per heavy atom. The molecule has 0 spiro atoms. The number of H-pyrrole nitrogens is 1. The average molecular weight is 409 g/mol. The third-order valence-corrected chi connectivity index (χ3v) is 5.12. The van der Waals surface area contributed by atoms with Crippen molar-refractivity contribution in [3.05, 3.63) is 17.0 Å². The number of rotatable bonds is 4. The van der Waals surface area contributed by atoms with Crippen LogP contribution in [-0.4, -0.2) is 74.1 Å². The van der Waals surface area contributed by atoms with Crippen molar-refractivity contribution in [2.45, 2.75) is 39.3 Å². The molecule has 3 rings (SSSR count). The van der Waals surface area contributed by atoms with E-state index in [4.69, 9.17) is 4.74 Å². The molecule has 0 radical (unpaired) electrons. The van der Waals surface area contributed by atoms with Crippen LogP contribution in [0.4, 0.5) is 9.59 Å². The Labute approximate surface area is 166 Å². The second-order valence-electron chi connectivity index (χ2n) is 7.54. The van der Waals surface area contributed by atoms with Gasteiger partial charge in [0, 0.05) is 37.3 Å². The number of carbonyl (C=O) groups excluding carboxylic acids is 4. The first kappa shape index (κ1) is 20.2. The van der Waals surface area contributed by atoms with Gasteiger partial charge in [-0.05, 0) is 20.8 Å². The van der Waals surface area contributed by atoms with Crippen LogP contribution in [0.5, 0.6) is 0 Å². The van der Waals surface area contributed by atoms with E-state index in [9.17, 15) is 19.2 Å². The molecule has 1 aromatic heterocycles. The van der Waals surface area contributed by atoms with Gasteiger partial charge in [0.15, 0.2) is 5.69 Å². The second kappa shape index (κ2) is 7.82. The minimum atomic E-state index is -0.601. The quantitative estimate of drug-likeness (QED) is 0.764. The van der Waals surface area contributed by atoms with E-state index in [0.717, 1.165) is 22.4 Å². The molecule has 0 saturated carbocycles. The van der Waals surface area contributed by atoms with Crippen LogP contribution in [0, 0.1) is 0 Å². The first-order valence-electron chi connectivity index (χ1n) is 8.95. The first-order chi connectivity index (χ1) is 13.2. The van der Waals surface area contributed by atoms with Gasteiger partial charge in [0.2, 0.25) is 5.91 Å². The summed E-state index contributed by atoms with van der Waals surface area (Å²) < 4.78 is 5.40. The number of hydrogen-bond donors (Lipinski definition) is 2. The molecule has 0 aliphatic carbocycles. The molecule has 2 aliphatic heterocycles. The summed E-state index contributed by atoms with van der Waals surface area (Å²) in [7, 11) is 0. The summed E-state index contributed by atoms with van der Waals surface area (Å²) in [6.07, 6.45) is 0.109. The molecule has 3 heterocycles. The lowest BCUT2D eigenvalue weighted by atomic mass is 10.1. The van der Waals surface area contributed by atoms with Gasteiger partial charge >= 0.3 is 6.09 Å². The summed E-state index contributed by atoms with van der Waals surface area (Å²) >= 11 is 0.953. The SMILES string of the molecule is CC(C)(C)OC(=O)N1CCc2[nH]nc(C(=O)NCCN3C(=O)CSC3=O)c2C1. The maximum atomic E-state index is 12.5. The fourth-order valence-corrected chi connectivity index (χ4v) is 3.68. The van der Waals surface area contributed by atoms with E-state index >= 15 is 0 Å². The minimum Gasteiger partial charge on any atom is -0.444 e. The normalized spacial score (nSPS) is 17.0. The number of aromatic nitrogens is 2. The fraction of sp³-hybridized carbons (Fsp3) is 0.588. The van der Waals surface area contributed by atoms with Crippen molar-refractivity contribution in [2.75, 3.05) is 25.4 Å². The molecular formula is C17H23N5O5S. The van der Waals surface area contributed by atoms with Crippen molar-refractivity contribution in [2.24, 2.45) is 0 Å². The molecule has 0 atom stereocenters. The van der Waals surface area contributed by atoms with Crippen molar-refractivity contribution in [3.63, 3.8) is 0 Å². The van der Waals surface area contributed by atoms with E-state index in [1.165, 1.54) is 0 Å². The van der Waals surface area contributed by atoms with Crippen molar-refractivity contribution < 1.29 is 23.9 Å². The van der Waals surface area contributed by atoms with Crippen LogP contribution in [0.2, 0.25) is 0 Å². The van der Waals surface area contributed by atoms with Crippen molar-refractivity contribution >= 4 is 34.9 Å². The Kier molecular flexibility index (Phi) is 5.64. The molecule has 2 N–H and O–H groups in total. The smallest absolute Gasteiger partial charge is 0.410 e. The Morgan fingerprint density at radius 3 is 2.71 bits per heavy atom. The van der Waals surface area contributed by atoms with Gasteiger partial charge < -0.3 is 15.0 Å². The molecule has 1 fully saturated rings. The summed E-state index contributed by atoms with van der Waals surface area (Å²) in [4.78, 5) is 50.6. The summed E-state index contributed by atoms with van der Waals surface area (Å²) in [5.41, 5.74) is 1.07. The zero-order valence-electron chi connectivity index (χ0n) is 16.0. The molecule has 1 saturated heterocycles. The second-order valence-corrected chi connectivity index (χ2v) is 8.46. The monoisotopic (exact) mass is 409 g/mol. The van der Waals surface area contributed by atoms with E-state index < -0.39 is 17.6 Å². The first-order valence-corrected chi connectivity index (χ1v) is 9.93. The topological polar surface area (TPSA) is 125 Å². The highest BCUT2D eigenvalue weighted by Gasteiger charge is 2.31. The number of ether oxygens (including phenoxy) is 1. The zero-order chi connectivity index (χ0) is 20.5. The Hall–Kier alpha value is -2.56. The third-order valence-electron chi connectivity index (χ3n) is 4.26. The molecule has 0 bridgehead atoms. The number of amides is 4. The van der Waals surface area contributed by atoms with Gasteiger partial charge in [-0.2, -0.15) is 5.10 Å². The van der Waals surface area contributed by atoms with Crippen LogP contribution in [0.3, 0.4) is 0 Å². The van der Waals surface area contributed by atoms with Gasteiger partial charge in [0.05, 0.1) is 12.3 Å². The highest BCUT2D eigenvalue weighted by molar-refractivity contribution is 8.14. The largest absolute Gasteiger partial charge is 0.444 e.